The number of nitrogens with zero attached hydrogens (tertiary/aromatic N) is 3. The van der Waals surface area contributed by atoms with E-state index in [1.54, 1.807) is 6.33 Å². The molecule has 0 saturated heterocycles. The van der Waals surface area contributed by atoms with Crippen molar-refractivity contribution in [2.24, 2.45) is 0 Å². The summed E-state index contributed by atoms with van der Waals surface area (Å²) < 4.78 is 8.64. The third-order valence-corrected chi connectivity index (χ3v) is 6.19. The number of ether oxygens (including phenoxy) is 1. The van der Waals surface area contributed by atoms with Crippen molar-refractivity contribution in [1.82, 2.24) is 14.8 Å². The number of anilines is 1. The largest absolute Gasteiger partial charge is 0.480 e. The van der Waals surface area contributed by atoms with Gasteiger partial charge < -0.3 is 10.1 Å². The van der Waals surface area contributed by atoms with Gasteiger partial charge in [0.2, 0.25) is 5.95 Å². The highest BCUT2D eigenvalue weighted by molar-refractivity contribution is 5.85. The van der Waals surface area contributed by atoms with Gasteiger partial charge in [0, 0.05) is 11.1 Å². The molecule has 0 aliphatic carbocycles. The van der Waals surface area contributed by atoms with E-state index in [9.17, 15) is 0 Å². The molecule has 1 aromatic heterocycles. The lowest BCUT2D eigenvalue weighted by molar-refractivity contribution is 0.222. The first-order valence-electron chi connectivity index (χ1n) is 10.5. The molecule has 0 fully saturated rings. The summed E-state index contributed by atoms with van der Waals surface area (Å²) in [7, 11) is 0. The number of benzene rings is 3. The van der Waals surface area contributed by atoms with Crippen LogP contribution in [0.4, 0.5) is 5.95 Å². The predicted molar refractivity (Wildman–Crippen MR) is 121 cm³/mol. The van der Waals surface area contributed by atoms with Gasteiger partial charge in [-0.2, -0.15) is 10.1 Å². The van der Waals surface area contributed by atoms with Crippen LogP contribution in [-0.4, -0.2) is 14.8 Å². The zero-order valence-corrected chi connectivity index (χ0v) is 17.4. The van der Waals surface area contributed by atoms with Gasteiger partial charge in [0.15, 0.2) is 0 Å². The van der Waals surface area contributed by atoms with Gasteiger partial charge in [0.05, 0.1) is 5.70 Å². The minimum Gasteiger partial charge on any atom is -0.480 e. The van der Waals surface area contributed by atoms with Crippen molar-refractivity contribution in [3.05, 3.63) is 113 Å². The van der Waals surface area contributed by atoms with Gasteiger partial charge in [-0.1, -0.05) is 66.2 Å². The van der Waals surface area contributed by atoms with E-state index in [1.807, 2.05) is 22.9 Å². The molecule has 0 radical (unpaired) electrons. The zero-order chi connectivity index (χ0) is 20.9. The van der Waals surface area contributed by atoms with Gasteiger partial charge in [-0.05, 0) is 42.7 Å². The Labute approximate surface area is 181 Å². The Morgan fingerprint density at radius 3 is 2.52 bits per heavy atom. The van der Waals surface area contributed by atoms with Crippen molar-refractivity contribution >= 4 is 11.6 Å². The van der Waals surface area contributed by atoms with Crippen molar-refractivity contribution in [3.8, 4) is 5.75 Å². The van der Waals surface area contributed by atoms with Crippen molar-refractivity contribution in [2.75, 3.05) is 5.32 Å². The quantitative estimate of drug-likeness (QED) is 0.481. The molecule has 152 valence electrons. The molecule has 2 aliphatic heterocycles. The Balaban J connectivity index is 1.65. The molecule has 0 saturated carbocycles. The van der Waals surface area contributed by atoms with Crippen LogP contribution >= 0.6 is 0 Å². The second-order valence-electron chi connectivity index (χ2n) is 8.15. The SMILES string of the molecule is Cc1ccc([C@H]2C3=C(Nc4ncnn42)c2ccccc2O[C@@H]3c2ccccc2C)cc1. The summed E-state index contributed by atoms with van der Waals surface area (Å²) in [6, 6.07) is 25.2. The van der Waals surface area contributed by atoms with Crippen molar-refractivity contribution in [2.45, 2.75) is 26.0 Å². The van der Waals surface area contributed by atoms with Gasteiger partial charge in [-0.15, -0.1) is 0 Å². The molecule has 5 nitrogen and oxygen atoms in total. The maximum atomic E-state index is 6.68. The molecule has 5 heteroatoms. The first kappa shape index (κ1) is 18.0. The Morgan fingerprint density at radius 1 is 0.903 bits per heavy atom. The fourth-order valence-electron chi connectivity index (χ4n) is 4.63. The minimum atomic E-state index is -0.234. The molecule has 4 aromatic rings. The maximum absolute atomic E-state index is 6.68. The highest BCUT2D eigenvalue weighted by atomic mass is 16.5. The molecule has 0 unspecified atom stereocenters. The molecule has 6 rings (SSSR count). The van der Waals surface area contributed by atoms with E-state index < -0.39 is 0 Å². The lowest BCUT2D eigenvalue weighted by atomic mass is 9.83. The molecule has 2 aliphatic rings. The van der Waals surface area contributed by atoms with Gasteiger partial charge in [-0.3, -0.25) is 0 Å². The fourth-order valence-corrected chi connectivity index (χ4v) is 4.63. The van der Waals surface area contributed by atoms with Crippen LogP contribution in [-0.2, 0) is 0 Å². The first-order chi connectivity index (χ1) is 15.2. The van der Waals surface area contributed by atoms with Crippen molar-refractivity contribution < 1.29 is 4.74 Å². The van der Waals surface area contributed by atoms with E-state index in [0.717, 1.165) is 39.7 Å². The number of hydrogen-bond donors (Lipinski definition) is 1. The fraction of sp³-hybridized carbons (Fsp3) is 0.154. The van der Waals surface area contributed by atoms with Crippen LogP contribution in [0.15, 0.2) is 84.7 Å². The number of hydrogen-bond acceptors (Lipinski definition) is 4. The molecule has 0 spiro atoms. The number of fused-ring (bicyclic) bond motifs is 3. The van der Waals surface area contributed by atoms with Gasteiger partial charge in [-0.25, -0.2) is 4.68 Å². The number of aromatic nitrogens is 3. The second-order valence-corrected chi connectivity index (χ2v) is 8.15. The highest BCUT2D eigenvalue weighted by Crippen LogP contribution is 2.50. The van der Waals surface area contributed by atoms with Crippen LogP contribution in [0.25, 0.3) is 5.70 Å². The number of para-hydroxylation sites is 1. The minimum absolute atomic E-state index is 0.118. The van der Waals surface area contributed by atoms with Gasteiger partial charge >= 0.3 is 0 Å². The Kier molecular flexibility index (Phi) is 3.96. The third kappa shape index (κ3) is 2.77. The monoisotopic (exact) mass is 406 g/mol. The zero-order valence-electron chi connectivity index (χ0n) is 17.4. The molecule has 0 amide bonds. The topological polar surface area (TPSA) is 52.0 Å². The third-order valence-electron chi connectivity index (χ3n) is 6.19. The van der Waals surface area contributed by atoms with E-state index >= 15 is 0 Å². The summed E-state index contributed by atoms with van der Waals surface area (Å²) in [5.74, 6) is 1.61. The van der Waals surface area contributed by atoms with E-state index in [-0.39, 0.29) is 12.1 Å². The average Bonchev–Trinajstić information content (AvgIpc) is 3.27. The van der Waals surface area contributed by atoms with Gasteiger partial charge in [0.1, 0.15) is 24.2 Å². The van der Waals surface area contributed by atoms with Crippen LogP contribution in [0.3, 0.4) is 0 Å². The standard InChI is InChI=1S/C26H22N4O/c1-16-11-13-18(14-12-16)24-22-23(29-26-27-15-28-30(24)26)20-9-5-6-10-21(20)31-25(22)19-8-4-3-7-17(19)2/h3-15,24-25H,1-2H3,(H,27,28,29)/t24-,25+/m0/s1. The average molecular weight is 406 g/mol. The molecule has 31 heavy (non-hydrogen) atoms. The maximum Gasteiger partial charge on any atom is 0.226 e. The summed E-state index contributed by atoms with van der Waals surface area (Å²) in [4.78, 5) is 4.50. The summed E-state index contributed by atoms with van der Waals surface area (Å²) in [6.07, 6.45) is 1.37. The summed E-state index contributed by atoms with van der Waals surface area (Å²) >= 11 is 0. The Hall–Kier alpha value is -3.86. The Morgan fingerprint density at radius 2 is 1.68 bits per heavy atom. The van der Waals surface area contributed by atoms with Crippen LogP contribution in [0, 0.1) is 13.8 Å². The molecule has 3 heterocycles. The molecular weight excluding hydrogens is 384 g/mol. The van der Waals surface area contributed by atoms with Crippen LogP contribution < -0.4 is 10.1 Å². The summed E-state index contributed by atoms with van der Waals surface area (Å²) in [6.45, 7) is 4.24. The number of aryl methyl sites for hydroxylation is 2. The van der Waals surface area contributed by atoms with E-state index in [0.29, 0.717) is 0 Å². The number of nitrogens with one attached hydrogen (secondary N) is 1. The molecule has 2 atom stereocenters. The summed E-state index contributed by atoms with van der Waals surface area (Å²) in [5.41, 5.74) is 8.00. The van der Waals surface area contributed by atoms with E-state index in [1.165, 1.54) is 11.1 Å². The lowest BCUT2D eigenvalue weighted by Crippen LogP contribution is -2.32. The molecule has 3 aromatic carbocycles. The van der Waals surface area contributed by atoms with Crippen molar-refractivity contribution in [3.63, 3.8) is 0 Å². The molecule has 0 bridgehead atoms. The van der Waals surface area contributed by atoms with Crippen LogP contribution in [0.5, 0.6) is 5.75 Å². The van der Waals surface area contributed by atoms with Gasteiger partial charge in [0.25, 0.3) is 0 Å². The van der Waals surface area contributed by atoms with Crippen LogP contribution in [0.1, 0.15) is 40.0 Å². The smallest absolute Gasteiger partial charge is 0.226 e. The highest BCUT2D eigenvalue weighted by Gasteiger charge is 2.41. The normalized spacial score (nSPS) is 19.0. The first-order valence-corrected chi connectivity index (χ1v) is 10.5. The van der Waals surface area contributed by atoms with Crippen LogP contribution in [0.2, 0.25) is 0 Å². The summed E-state index contributed by atoms with van der Waals surface area (Å²) in [5, 5.41) is 8.14. The molecule has 1 N–H and O–H groups in total. The van der Waals surface area contributed by atoms with Crippen molar-refractivity contribution in [1.29, 1.82) is 0 Å². The second kappa shape index (κ2) is 6.84. The predicted octanol–water partition coefficient (Wildman–Crippen LogP) is 5.45. The number of rotatable bonds is 2. The van der Waals surface area contributed by atoms with E-state index in [2.05, 4.69) is 83.8 Å². The Bertz CT molecular complexity index is 1320. The molecular formula is C26H22N4O. The lowest BCUT2D eigenvalue weighted by Gasteiger charge is -2.39. The van der Waals surface area contributed by atoms with E-state index in [4.69, 9.17) is 4.74 Å².